The van der Waals surface area contributed by atoms with Gasteiger partial charge in [0.1, 0.15) is 0 Å². The zero-order chi connectivity index (χ0) is 16.6. The third kappa shape index (κ3) is 2.78. The zero-order valence-electron chi connectivity index (χ0n) is 11.2. The van der Waals surface area contributed by atoms with Crippen LogP contribution in [0.5, 0.6) is 0 Å². The van der Waals surface area contributed by atoms with Crippen molar-refractivity contribution in [1.29, 1.82) is 0 Å². The van der Waals surface area contributed by atoms with Crippen LogP contribution in [0.1, 0.15) is 5.56 Å². The molecule has 0 atom stereocenters. The molecule has 0 fully saturated rings. The molecule has 1 heterocycles. The van der Waals surface area contributed by atoms with Crippen LogP contribution in [0.3, 0.4) is 0 Å². The maximum absolute atomic E-state index is 12.7. The second-order valence-electron chi connectivity index (χ2n) is 4.55. The number of nitro benzene ring substituents is 1. The Kier molecular flexibility index (Phi) is 3.36. The van der Waals surface area contributed by atoms with Crippen molar-refractivity contribution in [3.05, 3.63) is 52.1 Å². The number of aromatic nitrogens is 2. The summed E-state index contributed by atoms with van der Waals surface area (Å²) in [6.07, 6.45) is -4.47. The summed E-state index contributed by atoms with van der Waals surface area (Å²) in [6, 6.07) is 7.02. The number of hydrogen-bond donors (Lipinski definition) is 1. The summed E-state index contributed by atoms with van der Waals surface area (Å²) in [5.74, 6) is 0. The number of nitrogens with one attached hydrogen (secondary N) is 1. The van der Waals surface area contributed by atoms with Crippen molar-refractivity contribution >= 4 is 28.1 Å². The van der Waals surface area contributed by atoms with Crippen molar-refractivity contribution in [2.75, 3.05) is 5.32 Å². The number of fused-ring (bicyclic) bond motifs is 1. The molecule has 0 saturated carbocycles. The minimum absolute atomic E-state index is 0.0524. The third-order valence-electron chi connectivity index (χ3n) is 3.06. The molecular weight excluding hydrogens is 317 g/mol. The molecule has 0 radical (unpaired) electrons. The number of nitrogens with zero attached hydrogens (tertiary/aromatic N) is 3. The molecule has 0 spiro atoms. The first-order valence-corrected chi connectivity index (χ1v) is 6.20. The Morgan fingerprint density at radius 3 is 2.57 bits per heavy atom. The fourth-order valence-electron chi connectivity index (χ4n) is 2.03. The largest absolute Gasteiger partial charge is 0.416 e. The van der Waals surface area contributed by atoms with Gasteiger partial charge in [-0.25, -0.2) is 4.63 Å². The number of alkyl halides is 3. The molecule has 10 heteroatoms. The summed E-state index contributed by atoms with van der Waals surface area (Å²) >= 11 is 0. The van der Waals surface area contributed by atoms with E-state index in [0.717, 1.165) is 12.1 Å². The van der Waals surface area contributed by atoms with Crippen LogP contribution in [-0.2, 0) is 6.18 Å². The van der Waals surface area contributed by atoms with Crippen molar-refractivity contribution < 1.29 is 22.7 Å². The quantitative estimate of drug-likeness (QED) is 0.580. The van der Waals surface area contributed by atoms with Gasteiger partial charge in [-0.05, 0) is 34.6 Å². The maximum Gasteiger partial charge on any atom is 0.416 e. The van der Waals surface area contributed by atoms with Gasteiger partial charge in [0.25, 0.3) is 0 Å². The minimum Gasteiger partial charge on any atom is -0.354 e. The van der Waals surface area contributed by atoms with Gasteiger partial charge in [0.2, 0.25) is 5.52 Å². The molecule has 1 N–H and O–H groups in total. The predicted octanol–water partition coefficient (Wildman–Crippen LogP) is 3.89. The van der Waals surface area contributed by atoms with Crippen molar-refractivity contribution in [2.45, 2.75) is 6.18 Å². The van der Waals surface area contributed by atoms with Crippen molar-refractivity contribution in [1.82, 2.24) is 10.3 Å². The highest BCUT2D eigenvalue weighted by molar-refractivity contribution is 5.94. The number of halogens is 3. The van der Waals surface area contributed by atoms with Crippen LogP contribution in [0, 0.1) is 10.1 Å². The van der Waals surface area contributed by atoms with E-state index in [1.165, 1.54) is 24.3 Å². The van der Waals surface area contributed by atoms with Crippen LogP contribution in [0.4, 0.5) is 30.2 Å². The summed E-state index contributed by atoms with van der Waals surface area (Å²) in [4.78, 5) is 10.2. The Morgan fingerprint density at radius 2 is 1.87 bits per heavy atom. The Labute approximate surface area is 125 Å². The highest BCUT2D eigenvalue weighted by atomic mass is 19.4. The fourth-order valence-corrected chi connectivity index (χ4v) is 2.03. The highest BCUT2D eigenvalue weighted by Crippen LogP contribution is 2.33. The maximum atomic E-state index is 12.7. The van der Waals surface area contributed by atoms with E-state index in [9.17, 15) is 23.3 Å². The van der Waals surface area contributed by atoms with Gasteiger partial charge in [-0.1, -0.05) is 6.07 Å². The lowest BCUT2D eigenvalue weighted by molar-refractivity contribution is -0.383. The Bertz CT molecular complexity index is 892. The lowest BCUT2D eigenvalue weighted by Crippen LogP contribution is -2.05. The van der Waals surface area contributed by atoms with E-state index in [4.69, 9.17) is 0 Å². The molecule has 0 aliphatic heterocycles. The van der Waals surface area contributed by atoms with E-state index in [1.807, 2.05) is 0 Å². The molecule has 0 aliphatic carbocycles. The fraction of sp³-hybridized carbons (Fsp3) is 0.0769. The van der Waals surface area contributed by atoms with Crippen molar-refractivity contribution in [3.8, 4) is 0 Å². The van der Waals surface area contributed by atoms with E-state index in [0.29, 0.717) is 0 Å². The first-order chi connectivity index (χ1) is 10.9. The molecule has 3 rings (SSSR count). The molecule has 0 amide bonds. The minimum atomic E-state index is -4.47. The monoisotopic (exact) mass is 324 g/mol. The molecule has 7 nitrogen and oxygen atoms in total. The molecule has 0 bridgehead atoms. The Morgan fingerprint density at radius 1 is 1.13 bits per heavy atom. The number of non-ortho nitro benzene ring substituents is 1. The molecule has 1 aromatic heterocycles. The summed E-state index contributed by atoms with van der Waals surface area (Å²) in [7, 11) is 0. The van der Waals surface area contributed by atoms with E-state index >= 15 is 0 Å². The van der Waals surface area contributed by atoms with Crippen LogP contribution in [0.2, 0.25) is 0 Å². The standard InChI is InChI=1S/C13H7F3N4O3/c14-13(15,16)7-2-1-3-8(6-7)17-9-4-5-10(20(21)22)12-11(9)18-23-19-12/h1-6,17H. The van der Waals surface area contributed by atoms with Crippen LogP contribution in [-0.4, -0.2) is 15.2 Å². The predicted molar refractivity (Wildman–Crippen MR) is 73.2 cm³/mol. The molecule has 23 heavy (non-hydrogen) atoms. The Balaban J connectivity index is 2.01. The SMILES string of the molecule is O=[N+]([O-])c1ccc(Nc2cccc(C(F)(F)F)c2)c2nonc12. The van der Waals surface area contributed by atoms with Gasteiger partial charge in [0, 0.05) is 11.8 Å². The summed E-state index contributed by atoms with van der Waals surface area (Å²) in [5.41, 5.74) is -0.775. The first-order valence-electron chi connectivity index (χ1n) is 6.20. The second kappa shape index (κ2) is 5.23. The van der Waals surface area contributed by atoms with Gasteiger partial charge in [-0.3, -0.25) is 10.1 Å². The molecule has 0 unspecified atom stereocenters. The van der Waals surface area contributed by atoms with Gasteiger partial charge >= 0.3 is 11.9 Å². The molecule has 0 saturated heterocycles. The Hall–Kier alpha value is -3.17. The van der Waals surface area contributed by atoms with Crippen LogP contribution < -0.4 is 5.32 Å². The molecular formula is C13H7F3N4O3. The van der Waals surface area contributed by atoms with Crippen LogP contribution >= 0.6 is 0 Å². The number of nitro groups is 1. The lowest BCUT2D eigenvalue weighted by Gasteiger charge is -2.10. The topological polar surface area (TPSA) is 94.1 Å². The first kappa shape index (κ1) is 14.8. The van der Waals surface area contributed by atoms with E-state index < -0.39 is 16.7 Å². The normalized spacial score (nSPS) is 11.6. The summed E-state index contributed by atoms with van der Waals surface area (Å²) in [5, 5.41) is 20.6. The van der Waals surface area contributed by atoms with Crippen molar-refractivity contribution in [3.63, 3.8) is 0 Å². The average molecular weight is 324 g/mol. The second-order valence-corrected chi connectivity index (χ2v) is 4.55. The average Bonchev–Trinajstić information content (AvgIpc) is 2.96. The van der Waals surface area contributed by atoms with Crippen LogP contribution in [0.15, 0.2) is 41.0 Å². The summed E-state index contributed by atoms with van der Waals surface area (Å²) in [6.45, 7) is 0. The van der Waals surface area contributed by atoms with E-state index in [-0.39, 0.29) is 28.1 Å². The third-order valence-corrected chi connectivity index (χ3v) is 3.06. The van der Waals surface area contributed by atoms with Gasteiger partial charge in [-0.15, -0.1) is 0 Å². The number of hydrogen-bond acceptors (Lipinski definition) is 6. The van der Waals surface area contributed by atoms with Gasteiger partial charge in [0.15, 0.2) is 5.52 Å². The molecule has 2 aromatic carbocycles. The number of rotatable bonds is 3. The van der Waals surface area contributed by atoms with Gasteiger partial charge in [-0.2, -0.15) is 13.2 Å². The number of anilines is 2. The lowest BCUT2D eigenvalue weighted by atomic mass is 10.1. The molecule has 118 valence electrons. The highest BCUT2D eigenvalue weighted by Gasteiger charge is 2.30. The van der Waals surface area contributed by atoms with Crippen LogP contribution in [0.25, 0.3) is 11.0 Å². The molecule has 3 aromatic rings. The zero-order valence-corrected chi connectivity index (χ0v) is 11.2. The van der Waals surface area contributed by atoms with E-state index in [1.54, 1.807) is 0 Å². The summed E-state index contributed by atoms with van der Waals surface area (Å²) < 4.78 is 42.6. The van der Waals surface area contributed by atoms with Crippen molar-refractivity contribution in [2.24, 2.45) is 0 Å². The number of benzene rings is 2. The smallest absolute Gasteiger partial charge is 0.354 e. The molecule has 0 aliphatic rings. The van der Waals surface area contributed by atoms with Gasteiger partial charge in [0.05, 0.1) is 16.2 Å². The van der Waals surface area contributed by atoms with E-state index in [2.05, 4.69) is 20.3 Å². The van der Waals surface area contributed by atoms with Gasteiger partial charge < -0.3 is 5.32 Å².